The number of nitrogens with zero attached hydrogens (tertiary/aromatic N) is 3. The number of anilines is 1. The molecule has 0 unspecified atom stereocenters. The van der Waals surface area contributed by atoms with Gasteiger partial charge in [0.25, 0.3) is 0 Å². The van der Waals surface area contributed by atoms with Gasteiger partial charge in [0, 0.05) is 30.3 Å². The summed E-state index contributed by atoms with van der Waals surface area (Å²) in [5, 5.41) is 3.06. The van der Waals surface area contributed by atoms with E-state index in [0.717, 1.165) is 31.0 Å². The highest BCUT2D eigenvalue weighted by Crippen LogP contribution is 2.20. The highest BCUT2D eigenvalue weighted by atomic mass is 16.2. The van der Waals surface area contributed by atoms with Gasteiger partial charge in [-0.15, -0.1) is 0 Å². The number of aryl methyl sites for hydroxylation is 1. The van der Waals surface area contributed by atoms with Crippen LogP contribution < -0.4 is 10.2 Å². The minimum absolute atomic E-state index is 0.106. The number of rotatable bonds is 3. The predicted octanol–water partition coefficient (Wildman–Crippen LogP) is 1.39. The molecule has 2 heterocycles. The number of carbonyl (C=O) groups excluding carboxylic acids is 1. The molecule has 1 fully saturated rings. The molecule has 0 bridgehead atoms. The van der Waals surface area contributed by atoms with Crippen LogP contribution in [0.2, 0.25) is 0 Å². The van der Waals surface area contributed by atoms with E-state index in [4.69, 9.17) is 0 Å². The molecule has 1 N–H and O–H groups in total. The first-order valence-electron chi connectivity index (χ1n) is 6.77. The SMILES string of the molecule is CCc1cc(N2CC(NC(=O)C(C)(C)C)C2)ncn1. The molecule has 5 heteroatoms. The van der Waals surface area contributed by atoms with E-state index in [1.54, 1.807) is 6.33 Å². The first kappa shape index (κ1) is 13.8. The van der Waals surface area contributed by atoms with E-state index < -0.39 is 0 Å². The van der Waals surface area contributed by atoms with E-state index >= 15 is 0 Å². The second kappa shape index (κ2) is 5.15. The van der Waals surface area contributed by atoms with Crippen molar-refractivity contribution >= 4 is 11.7 Å². The van der Waals surface area contributed by atoms with Crippen LogP contribution in [0, 0.1) is 5.41 Å². The van der Waals surface area contributed by atoms with Crippen molar-refractivity contribution in [3.05, 3.63) is 18.1 Å². The number of hydrogen-bond acceptors (Lipinski definition) is 4. The zero-order valence-electron chi connectivity index (χ0n) is 12.1. The summed E-state index contributed by atoms with van der Waals surface area (Å²) in [5.41, 5.74) is 0.720. The molecule has 0 saturated carbocycles. The van der Waals surface area contributed by atoms with Crippen LogP contribution >= 0.6 is 0 Å². The molecular weight excluding hydrogens is 240 g/mol. The van der Waals surface area contributed by atoms with Crippen molar-refractivity contribution in [1.82, 2.24) is 15.3 Å². The van der Waals surface area contributed by atoms with Gasteiger partial charge in [-0.05, 0) is 6.42 Å². The summed E-state index contributed by atoms with van der Waals surface area (Å²) in [6, 6.07) is 2.24. The molecule has 5 nitrogen and oxygen atoms in total. The molecule has 1 saturated heterocycles. The van der Waals surface area contributed by atoms with Crippen molar-refractivity contribution in [2.75, 3.05) is 18.0 Å². The standard InChI is InChI=1S/C14H22N4O/c1-5-10-6-12(16-9-15-10)18-7-11(8-18)17-13(19)14(2,3)4/h6,9,11H,5,7-8H2,1-4H3,(H,17,19). The van der Waals surface area contributed by atoms with E-state index in [1.807, 2.05) is 26.8 Å². The number of hydrogen-bond donors (Lipinski definition) is 1. The lowest BCUT2D eigenvalue weighted by atomic mass is 9.94. The Morgan fingerprint density at radius 1 is 1.42 bits per heavy atom. The van der Waals surface area contributed by atoms with Crippen molar-refractivity contribution in [3.8, 4) is 0 Å². The van der Waals surface area contributed by atoms with Crippen molar-refractivity contribution in [2.24, 2.45) is 5.41 Å². The van der Waals surface area contributed by atoms with E-state index in [2.05, 4.69) is 27.1 Å². The van der Waals surface area contributed by atoms with Crippen molar-refractivity contribution in [3.63, 3.8) is 0 Å². The van der Waals surface area contributed by atoms with Crippen LogP contribution in [-0.4, -0.2) is 35.0 Å². The summed E-state index contributed by atoms with van der Waals surface area (Å²) >= 11 is 0. The number of nitrogens with one attached hydrogen (secondary N) is 1. The Morgan fingerprint density at radius 2 is 2.11 bits per heavy atom. The summed E-state index contributed by atoms with van der Waals surface area (Å²) in [6.45, 7) is 9.50. The average Bonchev–Trinajstić information content (AvgIpc) is 2.31. The van der Waals surface area contributed by atoms with Crippen molar-refractivity contribution < 1.29 is 4.79 Å². The van der Waals surface area contributed by atoms with E-state index in [1.165, 1.54) is 0 Å². The fraction of sp³-hybridized carbons (Fsp3) is 0.643. The van der Waals surface area contributed by atoms with Gasteiger partial charge < -0.3 is 10.2 Å². The molecule has 1 aliphatic heterocycles. The van der Waals surface area contributed by atoms with E-state index in [0.29, 0.717) is 0 Å². The zero-order valence-corrected chi connectivity index (χ0v) is 12.1. The molecule has 0 atom stereocenters. The minimum Gasteiger partial charge on any atom is -0.352 e. The van der Waals surface area contributed by atoms with Gasteiger partial charge in [-0.25, -0.2) is 9.97 Å². The third-order valence-corrected chi connectivity index (χ3v) is 3.29. The Balaban J connectivity index is 1.87. The molecule has 1 amide bonds. The fourth-order valence-corrected chi connectivity index (χ4v) is 1.91. The van der Waals surface area contributed by atoms with Gasteiger partial charge >= 0.3 is 0 Å². The second-order valence-electron chi connectivity index (χ2n) is 6.05. The lowest BCUT2D eigenvalue weighted by molar-refractivity contribution is -0.129. The average molecular weight is 262 g/mol. The molecule has 1 aliphatic rings. The maximum absolute atomic E-state index is 11.9. The molecule has 19 heavy (non-hydrogen) atoms. The van der Waals surface area contributed by atoms with Gasteiger partial charge in [-0.2, -0.15) is 0 Å². The van der Waals surface area contributed by atoms with Crippen LogP contribution in [-0.2, 0) is 11.2 Å². The lowest BCUT2D eigenvalue weighted by Crippen LogP contribution is -2.61. The van der Waals surface area contributed by atoms with Gasteiger partial charge in [0.1, 0.15) is 12.1 Å². The molecule has 2 rings (SSSR count). The summed E-state index contributed by atoms with van der Waals surface area (Å²) in [7, 11) is 0. The van der Waals surface area contributed by atoms with Gasteiger partial charge in [-0.3, -0.25) is 4.79 Å². The summed E-state index contributed by atoms with van der Waals surface area (Å²) in [4.78, 5) is 22.5. The summed E-state index contributed by atoms with van der Waals surface area (Å²) in [6.07, 6.45) is 2.52. The molecule has 1 aromatic rings. The van der Waals surface area contributed by atoms with Crippen molar-refractivity contribution in [1.29, 1.82) is 0 Å². The third kappa shape index (κ3) is 3.22. The molecule has 0 aliphatic carbocycles. The van der Waals surface area contributed by atoms with Crippen LogP contribution in [0.5, 0.6) is 0 Å². The first-order chi connectivity index (χ1) is 8.90. The maximum atomic E-state index is 11.9. The van der Waals surface area contributed by atoms with Crippen LogP contribution in [0.4, 0.5) is 5.82 Å². The first-order valence-corrected chi connectivity index (χ1v) is 6.77. The van der Waals surface area contributed by atoms with Crippen LogP contribution in [0.15, 0.2) is 12.4 Å². The predicted molar refractivity (Wildman–Crippen MR) is 75.0 cm³/mol. The highest BCUT2D eigenvalue weighted by Gasteiger charge is 2.32. The monoisotopic (exact) mass is 262 g/mol. The zero-order chi connectivity index (χ0) is 14.0. The van der Waals surface area contributed by atoms with Crippen LogP contribution in [0.1, 0.15) is 33.4 Å². The Bertz CT molecular complexity index is 461. The third-order valence-electron chi connectivity index (χ3n) is 3.29. The Morgan fingerprint density at radius 3 is 2.68 bits per heavy atom. The molecule has 104 valence electrons. The minimum atomic E-state index is -0.329. The Hall–Kier alpha value is -1.65. The Kier molecular flexibility index (Phi) is 3.73. The molecule has 1 aromatic heterocycles. The Labute approximate surface area is 114 Å². The van der Waals surface area contributed by atoms with Crippen LogP contribution in [0.25, 0.3) is 0 Å². The quantitative estimate of drug-likeness (QED) is 0.894. The molecule has 0 aromatic carbocycles. The maximum Gasteiger partial charge on any atom is 0.225 e. The van der Waals surface area contributed by atoms with Crippen LogP contribution in [0.3, 0.4) is 0 Å². The number of amides is 1. The summed E-state index contributed by atoms with van der Waals surface area (Å²) < 4.78 is 0. The van der Waals surface area contributed by atoms with Crippen molar-refractivity contribution in [2.45, 2.75) is 40.2 Å². The van der Waals surface area contributed by atoms with E-state index in [-0.39, 0.29) is 17.4 Å². The number of carbonyl (C=O) groups is 1. The number of aromatic nitrogens is 2. The van der Waals surface area contributed by atoms with Gasteiger partial charge in [0.2, 0.25) is 5.91 Å². The second-order valence-corrected chi connectivity index (χ2v) is 6.05. The smallest absolute Gasteiger partial charge is 0.225 e. The van der Waals surface area contributed by atoms with E-state index in [9.17, 15) is 4.79 Å². The van der Waals surface area contributed by atoms with Gasteiger partial charge in [-0.1, -0.05) is 27.7 Å². The molecule has 0 spiro atoms. The molecular formula is C14H22N4O. The highest BCUT2D eigenvalue weighted by molar-refractivity contribution is 5.82. The fourth-order valence-electron chi connectivity index (χ4n) is 1.91. The van der Waals surface area contributed by atoms with Gasteiger partial charge in [0.15, 0.2) is 0 Å². The van der Waals surface area contributed by atoms with Gasteiger partial charge in [0.05, 0.1) is 6.04 Å². The largest absolute Gasteiger partial charge is 0.352 e. The lowest BCUT2D eigenvalue weighted by Gasteiger charge is -2.41. The molecule has 0 radical (unpaired) electrons. The topological polar surface area (TPSA) is 58.1 Å². The normalized spacial score (nSPS) is 16.1. The summed E-state index contributed by atoms with van der Waals surface area (Å²) in [5.74, 6) is 1.06.